The zero-order chi connectivity index (χ0) is 13.1. The summed E-state index contributed by atoms with van der Waals surface area (Å²) in [4.78, 5) is 11.8. The number of carbonyl (C=O) groups excluding carboxylic acids is 1. The van der Waals surface area contributed by atoms with E-state index in [1.807, 2.05) is 0 Å². The first kappa shape index (κ1) is 12.8. The van der Waals surface area contributed by atoms with Gasteiger partial charge in [-0.3, -0.25) is 4.79 Å². The van der Waals surface area contributed by atoms with Crippen LogP contribution in [-0.4, -0.2) is 11.1 Å². The Labute approximate surface area is 111 Å². The lowest BCUT2D eigenvalue weighted by Crippen LogP contribution is -2.23. The molecule has 2 aromatic rings. The van der Waals surface area contributed by atoms with Crippen molar-refractivity contribution in [3.63, 3.8) is 0 Å². The average Bonchev–Trinajstić information content (AvgIpc) is 2.76. The van der Waals surface area contributed by atoms with Crippen molar-refractivity contribution >= 4 is 21.8 Å². The molecule has 18 heavy (non-hydrogen) atoms. The molecule has 1 N–H and O–H groups in total. The molecule has 94 valence electrons. The molecule has 1 aromatic heterocycles. The number of amides is 1. The molecule has 0 spiro atoms. The molecule has 0 aliphatic heterocycles. The van der Waals surface area contributed by atoms with Gasteiger partial charge in [-0.05, 0) is 35.0 Å². The van der Waals surface area contributed by atoms with Gasteiger partial charge in [0.2, 0.25) is 0 Å². The van der Waals surface area contributed by atoms with Gasteiger partial charge in [-0.1, -0.05) is 11.2 Å². The minimum Gasteiger partial charge on any atom is -0.359 e. The fourth-order valence-corrected chi connectivity index (χ4v) is 1.81. The molecule has 0 unspecified atom stereocenters. The van der Waals surface area contributed by atoms with E-state index in [9.17, 15) is 9.18 Å². The number of nitrogens with one attached hydrogen (secondary N) is 1. The fourth-order valence-electron chi connectivity index (χ4n) is 1.44. The van der Waals surface area contributed by atoms with Gasteiger partial charge in [0.25, 0.3) is 5.91 Å². The second kappa shape index (κ2) is 5.30. The van der Waals surface area contributed by atoms with E-state index in [1.165, 1.54) is 12.1 Å². The zero-order valence-electron chi connectivity index (χ0n) is 9.54. The molecule has 0 saturated heterocycles. The molecule has 6 heteroatoms. The van der Waals surface area contributed by atoms with Crippen LogP contribution in [0.5, 0.6) is 0 Å². The maximum absolute atomic E-state index is 13.6. The van der Waals surface area contributed by atoms with Gasteiger partial charge in [-0.25, -0.2) is 4.39 Å². The number of rotatable bonds is 3. The Morgan fingerprint density at radius 3 is 3.00 bits per heavy atom. The molecule has 1 aromatic carbocycles. The number of aryl methyl sites for hydroxylation is 1. The highest BCUT2D eigenvalue weighted by molar-refractivity contribution is 9.10. The summed E-state index contributed by atoms with van der Waals surface area (Å²) in [5.74, 6) is -0.553. The number of benzene rings is 1. The first-order chi connectivity index (χ1) is 8.58. The maximum Gasteiger partial charge on any atom is 0.254 e. The van der Waals surface area contributed by atoms with Crippen LogP contribution in [0.1, 0.15) is 21.8 Å². The van der Waals surface area contributed by atoms with Gasteiger partial charge in [-0.15, -0.1) is 0 Å². The third-order valence-corrected chi connectivity index (χ3v) is 2.91. The second-order valence-electron chi connectivity index (χ2n) is 3.72. The van der Waals surface area contributed by atoms with Crippen molar-refractivity contribution in [1.82, 2.24) is 10.5 Å². The summed E-state index contributed by atoms with van der Waals surface area (Å²) in [6.45, 7) is 1.95. The highest BCUT2D eigenvalue weighted by Gasteiger charge is 2.14. The lowest BCUT2D eigenvalue weighted by atomic mass is 10.2. The Morgan fingerprint density at radius 2 is 2.33 bits per heavy atom. The van der Waals surface area contributed by atoms with Gasteiger partial charge in [-0.2, -0.15) is 0 Å². The van der Waals surface area contributed by atoms with Gasteiger partial charge in [0, 0.05) is 6.07 Å². The molecule has 0 aliphatic carbocycles. The van der Waals surface area contributed by atoms with E-state index in [2.05, 4.69) is 26.4 Å². The van der Waals surface area contributed by atoms with Crippen LogP contribution in [0.4, 0.5) is 4.39 Å². The highest BCUT2D eigenvalue weighted by Crippen LogP contribution is 2.18. The molecule has 0 fully saturated rings. The lowest BCUT2D eigenvalue weighted by Gasteiger charge is -2.05. The molecule has 0 saturated carbocycles. The van der Waals surface area contributed by atoms with Crippen LogP contribution < -0.4 is 5.32 Å². The van der Waals surface area contributed by atoms with E-state index in [-0.39, 0.29) is 16.6 Å². The maximum atomic E-state index is 13.6. The minimum atomic E-state index is -0.580. The molecular formula is C12H10BrFN2O2. The molecule has 0 radical (unpaired) electrons. The van der Waals surface area contributed by atoms with Crippen LogP contribution in [0.15, 0.2) is 33.3 Å². The Bertz CT molecular complexity index is 583. The van der Waals surface area contributed by atoms with Gasteiger partial charge in [0.15, 0.2) is 5.76 Å². The Kier molecular flexibility index (Phi) is 3.76. The predicted octanol–water partition coefficient (Wildman–Crippen LogP) is 2.81. The first-order valence-corrected chi connectivity index (χ1v) is 6.01. The summed E-state index contributed by atoms with van der Waals surface area (Å²) in [7, 11) is 0. The summed E-state index contributed by atoms with van der Waals surface area (Å²) in [6, 6.07) is 6.26. The van der Waals surface area contributed by atoms with Crippen LogP contribution in [0.25, 0.3) is 0 Å². The lowest BCUT2D eigenvalue weighted by molar-refractivity contribution is 0.0943. The molecule has 0 bridgehead atoms. The van der Waals surface area contributed by atoms with Crippen LogP contribution in [0, 0.1) is 12.7 Å². The Hall–Kier alpha value is -1.69. The van der Waals surface area contributed by atoms with E-state index < -0.39 is 11.7 Å². The standard InChI is InChI=1S/C12H10BrFN2O2/c1-7-5-8(18-16-7)6-15-12(17)9-3-2-4-10(13)11(9)14/h2-5H,6H2,1H3,(H,15,17). The quantitative estimate of drug-likeness (QED) is 0.948. The summed E-state index contributed by atoms with van der Waals surface area (Å²) >= 11 is 3.03. The van der Waals surface area contributed by atoms with E-state index in [0.717, 1.165) is 5.69 Å². The topological polar surface area (TPSA) is 55.1 Å². The molecular weight excluding hydrogens is 303 g/mol. The van der Waals surface area contributed by atoms with E-state index in [4.69, 9.17) is 4.52 Å². The zero-order valence-corrected chi connectivity index (χ0v) is 11.1. The van der Waals surface area contributed by atoms with Crippen molar-refractivity contribution in [2.24, 2.45) is 0 Å². The predicted molar refractivity (Wildman–Crippen MR) is 66.5 cm³/mol. The molecule has 4 nitrogen and oxygen atoms in total. The largest absolute Gasteiger partial charge is 0.359 e. The molecule has 0 atom stereocenters. The summed E-state index contributed by atoms with van der Waals surface area (Å²) in [6.07, 6.45) is 0. The van der Waals surface area contributed by atoms with Crippen molar-refractivity contribution in [2.75, 3.05) is 0 Å². The van der Waals surface area contributed by atoms with Crippen molar-refractivity contribution in [1.29, 1.82) is 0 Å². The van der Waals surface area contributed by atoms with E-state index in [0.29, 0.717) is 5.76 Å². The van der Waals surface area contributed by atoms with Crippen LogP contribution in [-0.2, 0) is 6.54 Å². The van der Waals surface area contributed by atoms with Crippen molar-refractivity contribution in [2.45, 2.75) is 13.5 Å². The van der Waals surface area contributed by atoms with Crippen molar-refractivity contribution < 1.29 is 13.7 Å². The Morgan fingerprint density at radius 1 is 1.56 bits per heavy atom. The number of halogens is 2. The van der Waals surface area contributed by atoms with Gasteiger partial charge >= 0.3 is 0 Å². The van der Waals surface area contributed by atoms with Gasteiger partial charge < -0.3 is 9.84 Å². The highest BCUT2D eigenvalue weighted by atomic mass is 79.9. The second-order valence-corrected chi connectivity index (χ2v) is 4.57. The summed E-state index contributed by atoms with van der Waals surface area (Å²) < 4.78 is 18.8. The first-order valence-electron chi connectivity index (χ1n) is 5.22. The smallest absolute Gasteiger partial charge is 0.254 e. The van der Waals surface area contributed by atoms with Crippen LogP contribution in [0.2, 0.25) is 0 Å². The summed E-state index contributed by atoms with van der Waals surface area (Å²) in [5, 5.41) is 6.25. The Balaban J connectivity index is 2.06. The van der Waals surface area contributed by atoms with Crippen LogP contribution in [0.3, 0.4) is 0 Å². The third-order valence-electron chi connectivity index (χ3n) is 2.30. The van der Waals surface area contributed by atoms with Gasteiger partial charge in [0.05, 0.1) is 22.3 Å². The monoisotopic (exact) mass is 312 g/mol. The van der Waals surface area contributed by atoms with Crippen molar-refractivity contribution in [3.05, 3.63) is 51.6 Å². The normalized spacial score (nSPS) is 10.4. The number of nitrogens with zero attached hydrogens (tertiary/aromatic N) is 1. The van der Waals surface area contributed by atoms with E-state index in [1.54, 1.807) is 19.1 Å². The van der Waals surface area contributed by atoms with E-state index >= 15 is 0 Å². The molecule has 1 heterocycles. The fraction of sp³-hybridized carbons (Fsp3) is 0.167. The number of carbonyl (C=O) groups is 1. The minimum absolute atomic E-state index is 0.0133. The summed E-state index contributed by atoms with van der Waals surface area (Å²) in [5.41, 5.74) is 0.716. The number of hydrogen-bond acceptors (Lipinski definition) is 3. The van der Waals surface area contributed by atoms with Crippen molar-refractivity contribution in [3.8, 4) is 0 Å². The average molecular weight is 313 g/mol. The number of aromatic nitrogens is 1. The molecule has 2 rings (SSSR count). The number of hydrogen-bond donors (Lipinski definition) is 1. The van der Waals surface area contributed by atoms with Gasteiger partial charge in [0.1, 0.15) is 5.82 Å². The molecule has 1 amide bonds. The SMILES string of the molecule is Cc1cc(CNC(=O)c2cccc(Br)c2F)on1. The van der Waals surface area contributed by atoms with Crippen LogP contribution >= 0.6 is 15.9 Å². The molecule has 0 aliphatic rings. The third kappa shape index (κ3) is 2.76.